The van der Waals surface area contributed by atoms with Crippen LogP contribution in [0.15, 0.2) is 0 Å². The van der Waals surface area contributed by atoms with Crippen LogP contribution in [0.3, 0.4) is 0 Å². The van der Waals surface area contributed by atoms with Crippen molar-refractivity contribution in [2.75, 3.05) is 18.1 Å². The minimum absolute atomic E-state index is 0.154. The summed E-state index contributed by atoms with van der Waals surface area (Å²) in [6.07, 6.45) is 10.2. The van der Waals surface area contributed by atoms with Gasteiger partial charge in [-0.3, -0.25) is 9.59 Å². The van der Waals surface area contributed by atoms with Crippen molar-refractivity contribution in [1.82, 2.24) is 4.90 Å². The number of carbonyl (C=O) groups excluding carboxylic acids is 1. The second-order valence-corrected chi connectivity index (χ2v) is 8.12. The van der Waals surface area contributed by atoms with Crippen molar-refractivity contribution in [3.8, 4) is 0 Å². The lowest BCUT2D eigenvalue weighted by atomic mass is 9.94. The molecule has 0 aliphatic carbocycles. The zero-order valence-corrected chi connectivity index (χ0v) is 16.4. The molecule has 1 amide bonds. The summed E-state index contributed by atoms with van der Waals surface area (Å²) in [5.74, 6) is 0.458. The van der Waals surface area contributed by atoms with Crippen molar-refractivity contribution in [2.45, 2.75) is 89.7 Å². The highest BCUT2D eigenvalue weighted by atomic mass is 32.2. The summed E-state index contributed by atoms with van der Waals surface area (Å²) in [5.41, 5.74) is 0. The molecule has 1 unspecified atom stereocenters. The Hall–Kier alpha value is -0.750. The predicted octanol–water partition coefficient (Wildman–Crippen LogP) is 3.69. The molecule has 1 saturated heterocycles. The summed E-state index contributed by atoms with van der Waals surface area (Å²) in [7, 11) is 0. The maximum atomic E-state index is 12.2. The summed E-state index contributed by atoms with van der Waals surface area (Å²) in [5, 5.41) is 18.7. The van der Waals surface area contributed by atoms with Gasteiger partial charge < -0.3 is 15.1 Å². The third kappa shape index (κ3) is 10.1. The van der Waals surface area contributed by atoms with E-state index in [2.05, 4.69) is 6.92 Å². The summed E-state index contributed by atoms with van der Waals surface area (Å²) in [6, 6.07) is 0.272. The smallest absolute Gasteiger partial charge is 0.313 e. The summed E-state index contributed by atoms with van der Waals surface area (Å²) < 4.78 is 0. The predicted molar refractivity (Wildman–Crippen MR) is 103 cm³/mol. The number of thioether (sulfide) groups is 1. The second kappa shape index (κ2) is 13.5. The lowest BCUT2D eigenvalue weighted by Gasteiger charge is -2.36. The SMILES string of the molecule is CCCCCC(O)CC[C@H]1CCCC(=O)N1CCCCSCC(=O)O. The Morgan fingerprint density at radius 2 is 2.08 bits per heavy atom. The summed E-state index contributed by atoms with van der Waals surface area (Å²) >= 11 is 1.44. The zero-order chi connectivity index (χ0) is 18.5. The lowest BCUT2D eigenvalue weighted by Crippen LogP contribution is -2.44. The molecule has 0 spiro atoms. The van der Waals surface area contributed by atoms with E-state index in [9.17, 15) is 14.7 Å². The Morgan fingerprint density at radius 3 is 2.80 bits per heavy atom. The van der Waals surface area contributed by atoms with Gasteiger partial charge >= 0.3 is 5.97 Å². The molecule has 0 aromatic carbocycles. The van der Waals surface area contributed by atoms with Gasteiger partial charge in [0.25, 0.3) is 0 Å². The van der Waals surface area contributed by atoms with Gasteiger partial charge in [-0.25, -0.2) is 0 Å². The van der Waals surface area contributed by atoms with Crippen molar-refractivity contribution in [3.63, 3.8) is 0 Å². The molecule has 5 nitrogen and oxygen atoms in total. The number of piperidine rings is 1. The van der Waals surface area contributed by atoms with E-state index in [0.29, 0.717) is 6.42 Å². The molecule has 146 valence electrons. The van der Waals surface area contributed by atoms with Gasteiger partial charge in [-0.15, -0.1) is 0 Å². The van der Waals surface area contributed by atoms with E-state index in [1.807, 2.05) is 4.90 Å². The van der Waals surface area contributed by atoms with Crippen molar-refractivity contribution >= 4 is 23.6 Å². The Kier molecular flexibility index (Phi) is 12.0. The van der Waals surface area contributed by atoms with E-state index in [1.54, 1.807) is 0 Å². The third-order valence-corrected chi connectivity index (χ3v) is 5.85. The number of nitrogens with zero attached hydrogens (tertiary/aromatic N) is 1. The van der Waals surface area contributed by atoms with Gasteiger partial charge in [0.05, 0.1) is 11.9 Å². The Bertz CT molecular complexity index is 392. The fourth-order valence-electron chi connectivity index (χ4n) is 3.40. The Morgan fingerprint density at radius 1 is 1.28 bits per heavy atom. The van der Waals surface area contributed by atoms with Crippen molar-refractivity contribution < 1.29 is 19.8 Å². The van der Waals surface area contributed by atoms with Gasteiger partial charge in [-0.2, -0.15) is 11.8 Å². The van der Waals surface area contributed by atoms with E-state index in [-0.39, 0.29) is 23.8 Å². The first-order valence-electron chi connectivity index (χ1n) is 9.81. The molecule has 25 heavy (non-hydrogen) atoms. The molecule has 0 saturated carbocycles. The quantitative estimate of drug-likeness (QED) is 0.454. The first kappa shape index (κ1) is 22.3. The summed E-state index contributed by atoms with van der Waals surface area (Å²) in [4.78, 5) is 24.7. The average Bonchev–Trinajstić information content (AvgIpc) is 2.57. The summed E-state index contributed by atoms with van der Waals surface area (Å²) in [6.45, 7) is 2.93. The Balaban J connectivity index is 2.27. The van der Waals surface area contributed by atoms with Crippen LogP contribution in [0.2, 0.25) is 0 Å². The van der Waals surface area contributed by atoms with Gasteiger partial charge in [-0.05, 0) is 50.7 Å². The van der Waals surface area contributed by atoms with Gasteiger partial charge in [0.2, 0.25) is 5.91 Å². The van der Waals surface area contributed by atoms with E-state index in [4.69, 9.17) is 5.11 Å². The fourth-order valence-corrected chi connectivity index (χ4v) is 4.13. The number of aliphatic hydroxyl groups excluding tert-OH is 1. The second-order valence-electron chi connectivity index (χ2n) is 7.01. The van der Waals surface area contributed by atoms with Crippen molar-refractivity contribution in [1.29, 1.82) is 0 Å². The van der Waals surface area contributed by atoms with Crippen LogP contribution < -0.4 is 0 Å². The van der Waals surface area contributed by atoms with E-state index >= 15 is 0 Å². The largest absolute Gasteiger partial charge is 0.481 e. The molecule has 0 bridgehead atoms. The number of carbonyl (C=O) groups is 2. The van der Waals surface area contributed by atoms with Crippen LogP contribution in [-0.4, -0.2) is 57.2 Å². The van der Waals surface area contributed by atoms with Gasteiger partial charge in [0.15, 0.2) is 0 Å². The van der Waals surface area contributed by atoms with E-state index < -0.39 is 5.97 Å². The lowest BCUT2D eigenvalue weighted by molar-refractivity contribution is -0.137. The van der Waals surface area contributed by atoms with Crippen LogP contribution >= 0.6 is 11.8 Å². The maximum Gasteiger partial charge on any atom is 0.313 e. The molecular weight excluding hydrogens is 338 g/mol. The molecule has 1 heterocycles. The number of rotatable bonds is 14. The highest BCUT2D eigenvalue weighted by Gasteiger charge is 2.27. The van der Waals surface area contributed by atoms with E-state index in [1.165, 1.54) is 24.6 Å². The maximum absolute atomic E-state index is 12.2. The molecule has 0 aromatic rings. The standard InChI is InChI=1S/C19H35NO4S/c1-2-3-4-9-17(21)12-11-16-8-7-10-18(22)20(16)13-5-6-14-25-15-19(23)24/h16-17,21H,2-15H2,1H3,(H,23,24)/t16-,17?/m1/s1. The average molecular weight is 374 g/mol. The topological polar surface area (TPSA) is 77.8 Å². The van der Waals surface area contributed by atoms with Crippen LogP contribution in [0, 0.1) is 0 Å². The third-order valence-electron chi connectivity index (χ3n) is 4.83. The fraction of sp³-hybridized carbons (Fsp3) is 0.895. The number of amides is 1. The van der Waals surface area contributed by atoms with Crippen LogP contribution in [0.4, 0.5) is 0 Å². The molecule has 1 fully saturated rings. The first-order chi connectivity index (χ1) is 12.0. The van der Waals surface area contributed by atoms with Crippen molar-refractivity contribution in [3.05, 3.63) is 0 Å². The molecule has 0 aromatic heterocycles. The normalized spacial score (nSPS) is 19.2. The highest BCUT2D eigenvalue weighted by Crippen LogP contribution is 2.24. The Labute approximate surface area is 156 Å². The highest BCUT2D eigenvalue weighted by molar-refractivity contribution is 7.99. The van der Waals surface area contributed by atoms with Gasteiger partial charge in [0.1, 0.15) is 0 Å². The molecule has 1 rings (SSSR count). The van der Waals surface area contributed by atoms with Gasteiger partial charge in [0, 0.05) is 19.0 Å². The monoisotopic (exact) mass is 373 g/mol. The van der Waals surface area contributed by atoms with Crippen LogP contribution in [0.5, 0.6) is 0 Å². The number of aliphatic hydroxyl groups is 1. The molecule has 1 aliphatic rings. The molecule has 0 radical (unpaired) electrons. The zero-order valence-electron chi connectivity index (χ0n) is 15.6. The van der Waals surface area contributed by atoms with Crippen molar-refractivity contribution in [2.24, 2.45) is 0 Å². The number of likely N-dealkylation sites (tertiary alicyclic amines) is 1. The van der Waals surface area contributed by atoms with Gasteiger partial charge in [-0.1, -0.05) is 26.2 Å². The molecule has 2 atom stereocenters. The molecule has 6 heteroatoms. The number of hydrogen-bond acceptors (Lipinski definition) is 4. The number of aliphatic carboxylic acids is 1. The first-order valence-corrected chi connectivity index (χ1v) is 11.0. The molecule has 1 aliphatic heterocycles. The van der Waals surface area contributed by atoms with Crippen LogP contribution in [0.1, 0.15) is 77.6 Å². The molecule has 2 N–H and O–H groups in total. The van der Waals surface area contributed by atoms with E-state index in [0.717, 1.165) is 63.7 Å². The minimum Gasteiger partial charge on any atom is -0.481 e. The van der Waals surface area contributed by atoms with Crippen LogP contribution in [0.25, 0.3) is 0 Å². The number of carboxylic acids is 1. The molecular formula is C19H35NO4S. The number of carboxylic acid groups (broad SMARTS) is 1. The number of hydrogen-bond donors (Lipinski definition) is 2. The van der Waals surface area contributed by atoms with Crippen LogP contribution in [-0.2, 0) is 9.59 Å². The number of unbranched alkanes of at least 4 members (excludes halogenated alkanes) is 3. The minimum atomic E-state index is -0.770.